The van der Waals surface area contributed by atoms with Crippen molar-refractivity contribution in [3.05, 3.63) is 0 Å². The summed E-state index contributed by atoms with van der Waals surface area (Å²) < 4.78 is 0. The smallest absolute Gasteiger partial charge is 0.223 e. The zero-order chi connectivity index (χ0) is 12.0. The van der Waals surface area contributed by atoms with Gasteiger partial charge in [0.05, 0.1) is 11.9 Å². The molecule has 86 valence electrons. The van der Waals surface area contributed by atoms with Gasteiger partial charge in [-0.1, -0.05) is 13.8 Å². The van der Waals surface area contributed by atoms with E-state index in [2.05, 4.69) is 0 Å². The number of amides is 1. The van der Waals surface area contributed by atoms with Crippen LogP contribution < -0.4 is 15.5 Å². The number of carboxylic acid groups (broad SMARTS) is 2. The van der Waals surface area contributed by atoms with Crippen molar-refractivity contribution in [2.45, 2.75) is 32.7 Å². The van der Waals surface area contributed by atoms with Gasteiger partial charge in [-0.2, -0.15) is 0 Å². The van der Waals surface area contributed by atoms with Gasteiger partial charge in [0.25, 0.3) is 0 Å². The van der Waals surface area contributed by atoms with Crippen LogP contribution in [-0.2, 0) is 14.4 Å². The molecule has 0 saturated carbocycles. The quantitative estimate of drug-likeness (QED) is 0.489. The first-order chi connectivity index (χ1) is 6.93. The first-order valence-corrected chi connectivity index (χ1v) is 4.66. The maximum atomic E-state index is 11.3. The molecule has 0 saturated heterocycles. The minimum Gasteiger partial charge on any atom is -0.547 e. The second-order valence-corrected chi connectivity index (χ2v) is 3.09. The molecule has 1 N–H and O–H groups in total. The largest absolute Gasteiger partial charge is 0.547 e. The fourth-order valence-electron chi connectivity index (χ4n) is 1.13. The third kappa shape index (κ3) is 3.97. The summed E-state index contributed by atoms with van der Waals surface area (Å²) in [6.45, 7) is 3.50. The molecule has 0 bridgehead atoms. The van der Waals surface area contributed by atoms with Gasteiger partial charge in [0.15, 0.2) is 0 Å². The lowest BCUT2D eigenvalue weighted by Gasteiger charge is -2.22. The fourth-order valence-corrected chi connectivity index (χ4v) is 1.13. The number of hydrogen-bond acceptors (Lipinski definition) is 5. The van der Waals surface area contributed by atoms with Crippen molar-refractivity contribution in [3.8, 4) is 0 Å². The predicted molar refractivity (Wildman–Crippen MR) is 46.0 cm³/mol. The predicted octanol–water partition coefficient (Wildman–Crippen LogP) is -2.59. The van der Waals surface area contributed by atoms with E-state index in [0.29, 0.717) is 12.8 Å². The highest BCUT2D eigenvalue weighted by Crippen LogP contribution is 2.07. The summed E-state index contributed by atoms with van der Waals surface area (Å²) in [6, 6.07) is -2.09. The van der Waals surface area contributed by atoms with Gasteiger partial charge in [0, 0.05) is 5.92 Å². The van der Waals surface area contributed by atoms with E-state index >= 15 is 0 Å². The minimum absolute atomic E-state index is 0.397. The number of carbonyl (C=O) groups is 3. The van der Waals surface area contributed by atoms with Crippen LogP contribution in [0.2, 0.25) is 0 Å². The zero-order valence-electron chi connectivity index (χ0n) is 8.61. The van der Waals surface area contributed by atoms with Crippen LogP contribution in [0.1, 0.15) is 26.7 Å². The third-order valence-electron chi connectivity index (χ3n) is 2.11. The lowest BCUT2D eigenvalue weighted by atomic mass is 10.0. The van der Waals surface area contributed by atoms with Crippen molar-refractivity contribution in [1.82, 2.24) is 5.32 Å². The molecule has 0 heterocycles. The van der Waals surface area contributed by atoms with Crippen LogP contribution >= 0.6 is 0 Å². The van der Waals surface area contributed by atoms with Crippen LogP contribution in [0.4, 0.5) is 0 Å². The van der Waals surface area contributed by atoms with E-state index in [1.54, 1.807) is 13.8 Å². The van der Waals surface area contributed by atoms with Gasteiger partial charge in [0.2, 0.25) is 5.91 Å². The van der Waals surface area contributed by atoms with Gasteiger partial charge in [-0.15, -0.1) is 0 Å². The Kier molecular flexibility index (Phi) is 5.36. The van der Waals surface area contributed by atoms with Crippen LogP contribution in [0.25, 0.3) is 0 Å². The van der Waals surface area contributed by atoms with E-state index in [9.17, 15) is 24.6 Å². The van der Waals surface area contributed by atoms with Crippen molar-refractivity contribution >= 4 is 17.8 Å². The summed E-state index contributed by atoms with van der Waals surface area (Å²) in [5, 5.41) is 22.5. The molecule has 0 rings (SSSR count). The molecule has 0 aliphatic heterocycles. The molecule has 0 radical (unpaired) electrons. The Bertz CT molecular complexity index is 245. The number of carbonyl (C=O) groups excluding carboxylic acids is 3. The Morgan fingerprint density at radius 2 is 1.47 bits per heavy atom. The first-order valence-electron chi connectivity index (χ1n) is 4.66. The second-order valence-electron chi connectivity index (χ2n) is 3.09. The van der Waals surface area contributed by atoms with Crippen molar-refractivity contribution in [2.24, 2.45) is 5.92 Å². The van der Waals surface area contributed by atoms with Crippen LogP contribution in [0.5, 0.6) is 0 Å². The summed E-state index contributed by atoms with van der Waals surface area (Å²) in [5.41, 5.74) is 0. The Hall–Kier alpha value is -1.59. The molecule has 0 aromatic carbocycles. The van der Waals surface area contributed by atoms with E-state index in [1.807, 2.05) is 5.32 Å². The standard InChI is InChI=1S/C9H15NO5/c1-3-5(4-2)7(11)10-6(8(12)13)9(14)15/h5-6H,3-4H2,1-2H3,(H,10,11)(H,12,13)(H,14,15)/p-2. The lowest BCUT2D eigenvalue weighted by Crippen LogP contribution is -2.58. The number of nitrogens with one attached hydrogen (secondary N) is 1. The van der Waals surface area contributed by atoms with E-state index in [4.69, 9.17) is 0 Å². The lowest BCUT2D eigenvalue weighted by molar-refractivity contribution is -0.326. The normalized spacial score (nSPS) is 10.4. The van der Waals surface area contributed by atoms with Crippen LogP contribution in [0, 0.1) is 5.92 Å². The first kappa shape index (κ1) is 13.4. The van der Waals surface area contributed by atoms with Crippen molar-refractivity contribution in [2.75, 3.05) is 0 Å². The number of rotatable bonds is 6. The summed E-state index contributed by atoms with van der Waals surface area (Å²) in [5.74, 6) is -4.77. The zero-order valence-corrected chi connectivity index (χ0v) is 8.61. The minimum atomic E-state index is -2.09. The van der Waals surface area contributed by atoms with Crippen molar-refractivity contribution in [1.29, 1.82) is 0 Å². The molecule has 0 spiro atoms. The Morgan fingerprint density at radius 1 is 1.07 bits per heavy atom. The van der Waals surface area contributed by atoms with Crippen LogP contribution in [0.3, 0.4) is 0 Å². The monoisotopic (exact) mass is 215 g/mol. The molecule has 0 aromatic rings. The maximum absolute atomic E-state index is 11.3. The molecule has 0 aliphatic carbocycles. The van der Waals surface area contributed by atoms with E-state index in [-0.39, 0.29) is 0 Å². The van der Waals surface area contributed by atoms with Gasteiger partial charge in [0.1, 0.15) is 6.04 Å². The van der Waals surface area contributed by atoms with E-state index < -0.39 is 29.8 Å². The van der Waals surface area contributed by atoms with Gasteiger partial charge in [-0.3, -0.25) is 4.79 Å². The molecule has 1 amide bonds. The van der Waals surface area contributed by atoms with Gasteiger partial charge in [-0.25, -0.2) is 0 Å². The molecule has 0 aliphatic rings. The molecule has 6 heteroatoms. The van der Waals surface area contributed by atoms with Gasteiger partial charge < -0.3 is 25.1 Å². The molecular formula is C9H13NO5-2. The van der Waals surface area contributed by atoms with Crippen molar-refractivity contribution < 1.29 is 24.6 Å². The Labute approximate surface area is 87.3 Å². The SMILES string of the molecule is CCC(CC)C(=O)NC(C(=O)[O-])C(=O)[O-]. The number of hydrogen-bond donors (Lipinski definition) is 1. The average molecular weight is 215 g/mol. The highest BCUT2D eigenvalue weighted by atomic mass is 16.4. The second kappa shape index (κ2) is 6.00. The van der Waals surface area contributed by atoms with Gasteiger partial charge in [-0.05, 0) is 12.8 Å². The highest BCUT2D eigenvalue weighted by molar-refractivity contribution is 5.99. The maximum Gasteiger partial charge on any atom is 0.223 e. The third-order valence-corrected chi connectivity index (χ3v) is 2.11. The molecule has 15 heavy (non-hydrogen) atoms. The molecule has 6 nitrogen and oxygen atoms in total. The van der Waals surface area contributed by atoms with Crippen molar-refractivity contribution in [3.63, 3.8) is 0 Å². The van der Waals surface area contributed by atoms with E-state index in [1.165, 1.54) is 0 Å². The summed E-state index contributed by atoms with van der Waals surface area (Å²) in [6.07, 6.45) is 1.02. The molecule has 0 aromatic heterocycles. The summed E-state index contributed by atoms with van der Waals surface area (Å²) >= 11 is 0. The summed E-state index contributed by atoms with van der Waals surface area (Å²) in [4.78, 5) is 32.0. The van der Waals surface area contributed by atoms with Crippen LogP contribution in [0.15, 0.2) is 0 Å². The fraction of sp³-hybridized carbons (Fsp3) is 0.667. The molecule has 0 unspecified atom stereocenters. The summed E-state index contributed by atoms with van der Waals surface area (Å²) in [7, 11) is 0. The van der Waals surface area contributed by atoms with E-state index in [0.717, 1.165) is 0 Å². The molecule has 0 fully saturated rings. The Morgan fingerprint density at radius 3 is 1.73 bits per heavy atom. The number of aliphatic carboxylic acids is 2. The van der Waals surface area contributed by atoms with Gasteiger partial charge >= 0.3 is 0 Å². The molecular weight excluding hydrogens is 202 g/mol. The number of carboxylic acids is 2. The average Bonchev–Trinajstić information content (AvgIpc) is 2.15. The van der Waals surface area contributed by atoms with Crippen LogP contribution in [-0.4, -0.2) is 23.9 Å². The topological polar surface area (TPSA) is 109 Å². The molecule has 0 atom stereocenters. The highest BCUT2D eigenvalue weighted by Gasteiger charge is 2.19. The Balaban J connectivity index is 4.48.